The van der Waals surface area contributed by atoms with E-state index in [1.807, 2.05) is 12.2 Å². The fraction of sp³-hybridized carbons (Fsp3) is 0.450. The molecule has 1 heterocycles. The molecule has 1 aliphatic heterocycles. The van der Waals surface area contributed by atoms with Gasteiger partial charge in [-0.1, -0.05) is 25.1 Å². The number of nitro benzene ring substituents is 1. The smallest absolute Gasteiger partial charge is 0.271 e. The molecule has 0 aromatic heterocycles. The average Bonchev–Trinajstić information content (AvgIpc) is 2.97. The summed E-state index contributed by atoms with van der Waals surface area (Å²) in [6.07, 6.45) is 6.14. The monoisotopic (exact) mass is 383 g/mol. The number of carbonyl (C=O) groups excluding carboxylic acids is 3. The van der Waals surface area contributed by atoms with Crippen LogP contribution in [0.15, 0.2) is 36.4 Å². The van der Waals surface area contributed by atoms with Gasteiger partial charge in [-0.25, -0.2) is 0 Å². The number of hydrogen-bond donors (Lipinski definition) is 1. The molecule has 3 amide bonds. The molecule has 8 heteroatoms. The molecule has 3 aliphatic carbocycles. The summed E-state index contributed by atoms with van der Waals surface area (Å²) in [5.41, 5.74) is 0.115. The number of imide groups is 1. The van der Waals surface area contributed by atoms with Gasteiger partial charge in [-0.3, -0.25) is 29.4 Å². The molecule has 2 bridgehead atoms. The Hall–Kier alpha value is -3.03. The van der Waals surface area contributed by atoms with Gasteiger partial charge in [0.25, 0.3) is 5.69 Å². The molecular formula is C20H21N3O5. The fourth-order valence-corrected chi connectivity index (χ4v) is 4.81. The SMILES string of the molecule is CC[C@H](C(=O)Nc1cccc([N+](=O)[O-])c1)N1C(=O)[C@@H]2[C@@H](C1=O)[C@H]1C=C[C@H]2CC1. The predicted molar refractivity (Wildman–Crippen MR) is 100.0 cm³/mol. The number of nitrogens with zero attached hydrogens (tertiary/aromatic N) is 2. The van der Waals surface area contributed by atoms with Crippen LogP contribution in [0, 0.1) is 33.8 Å². The van der Waals surface area contributed by atoms with Crippen molar-refractivity contribution in [1.29, 1.82) is 0 Å². The first-order chi connectivity index (χ1) is 13.4. The zero-order chi connectivity index (χ0) is 20.0. The summed E-state index contributed by atoms with van der Waals surface area (Å²) >= 11 is 0. The van der Waals surface area contributed by atoms with Gasteiger partial charge in [0.15, 0.2) is 0 Å². The van der Waals surface area contributed by atoms with Crippen LogP contribution in [0.4, 0.5) is 11.4 Å². The van der Waals surface area contributed by atoms with Gasteiger partial charge in [-0.15, -0.1) is 0 Å². The quantitative estimate of drug-likeness (QED) is 0.364. The molecule has 5 rings (SSSR count). The van der Waals surface area contributed by atoms with Crippen LogP contribution < -0.4 is 5.32 Å². The number of nitro groups is 1. The molecular weight excluding hydrogens is 362 g/mol. The Morgan fingerprint density at radius 3 is 2.32 bits per heavy atom. The summed E-state index contributed by atoms with van der Waals surface area (Å²) in [7, 11) is 0. The van der Waals surface area contributed by atoms with Gasteiger partial charge < -0.3 is 5.32 Å². The third kappa shape index (κ3) is 2.80. The molecule has 1 aromatic carbocycles. The Balaban J connectivity index is 1.56. The van der Waals surface area contributed by atoms with Gasteiger partial charge in [0, 0.05) is 17.8 Å². The second-order valence-corrected chi connectivity index (χ2v) is 7.61. The molecule has 0 spiro atoms. The van der Waals surface area contributed by atoms with Gasteiger partial charge in [0.05, 0.1) is 16.8 Å². The first-order valence-electron chi connectivity index (χ1n) is 9.53. The number of carbonyl (C=O) groups is 3. The first-order valence-corrected chi connectivity index (χ1v) is 9.53. The highest BCUT2D eigenvalue weighted by molar-refractivity contribution is 6.10. The van der Waals surface area contributed by atoms with Crippen LogP contribution in [0.5, 0.6) is 0 Å². The Morgan fingerprint density at radius 2 is 1.82 bits per heavy atom. The van der Waals surface area contributed by atoms with Gasteiger partial charge in [-0.2, -0.15) is 0 Å². The van der Waals surface area contributed by atoms with Crippen molar-refractivity contribution >= 4 is 29.1 Å². The van der Waals surface area contributed by atoms with Crippen molar-refractivity contribution in [3.63, 3.8) is 0 Å². The van der Waals surface area contributed by atoms with Crippen molar-refractivity contribution in [3.05, 3.63) is 46.5 Å². The minimum Gasteiger partial charge on any atom is -0.324 e. The van der Waals surface area contributed by atoms with E-state index < -0.39 is 16.9 Å². The van der Waals surface area contributed by atoms with Crippen LogP contribution in [0.25, 0.3) is 0 Å². The van der Waals surface area contributed by atoms with E-state index >= 15 is 0 Å². The van der Waals surface area contributed by atoms with Crippen LogP contribution in [0.1, 0.15) is 26.2 Å². The summed E-state index contributed by atoms with van der Waals surface area (Å²) in [5.74, 6) is -1.65. The van der Waals surface area contributed by atoms with Crippen molar-refractivity contribution < 1.29 is 19.3 Å². The second-order valence-electron chi connectivity index (χ2n) is 7.61. The molecule has 28 heavy (non-hydrogen) atoms. The lowest BCUT2D eigenvalue weighted by atomic mass is 9.63. The molecule has 2 fully saturated rings. The fourth-order valence-electron chi connectivity index (χ4n) is 4.81. The van der Waals surface area contributed by atoms with Gasteiger partial charge in [0.1, 0.15) is 6.04 Å². The second kappa shape index (κ2) is 6.85. The van der Waals surface area contributed by atoms with Gasteiger partial charge in [0.2, 0.25) is 17.7 Å². The molecule has 1 aromatic rings. The highest BCUT2D eigenvalue weighted by Crippen LogP contribution is 2.50. The van der Waals surface area contributed by atoms with E-state index in [0.717, 1.165) is 17.7 Å². The summed E-state index contributed by atoms with van der Waals surface area (Å²) < 4.78 is 0. The minimum absolute atomic E-state index is 0.0637. The zero-order valence-electron chi connectivity index (χ0n) is 15.4. The van der Waals surface area contributed by atoms with E-state index in [4.69, 9.17) is 0 Å². The molecule has 4 aliphatic rings. The summed E-state index contributed by atoms with van der Waals surface area (Å²) in [6, 6.07) is 4.66. The number of anilines is 1. The highest BCUT2D eigenvalue weighted by Gasteiger charge is 2.58. The molecule has 8 nitrogen and oxygen atoms in total. The molecule has 1 saturated heterocycles. The van der Waals surface area contributed by atoms with Gasteiger partial charge >= 0.3 is 0 Å². The van der Waals surface area contributed by atoms with Crippen molar-refractivity contribution in [1.82, 2.24) is 4.90 Å². The standard InChI is InChI=1S/C20H21N3O5/c1-2-15(18(24)21-13-4-3-5-14(10-13)23(27)28)22-19(25)16-11-6-7-12(9-8-11)17(16)20(22)26/h3-7,10-12,15-17H,2,8-9H2,1H3,(H,21,24)/t11-,12-,15+,16-,17-/m0/s1. The lowest BCUT2D eigenvalue weighted by Crippen LogP contribution is -2.47. The minimum atomic E-state index is -0.927. The number of allylic oxidation sites excluding steroid dienone is 2. The van der Waals surface area contributed by atoms with Crippen molar-refractivity contribution in [2.75, 3.05) is 5.32 Å². The van der Waals surface area contributed by atoms with Crippen molar-refractivity contribution in [3.8, 4) is 0 Å². The molecule has 0 radical (unpaired) electrons. The van der Waals surface area contributed by atoms with Crippen LogP contribution in [-0.4, -0.2) is 33.6 Å². The Labute approximate surface area is 161 Å². The van der Waals surface area contributed by atoms with E-state index in [0.29, 0.717) is 0 Å². The maximum Gasteiger partial charge on any atom is 0.271 e. The average molecular weight is 383 g/mol. The third-order valence-electron chi connectivity index (χ3n) is 6.12. The first kappa shape index (κ1) is 18.3. The summed E-state index contributed by atoms with van der Waals surface area (Å²) in [6.45, 7) is 1.74. The van der Waals surface area contributed by atoms with E-state index in [9.17, 15) is 24.5 Å². The largest absolute Gasteiger partial charge is 0.324 e. The number of benzene rings is 1. The molecule has 0 unspecified atom stereocenters. The normalized spacial score (nSPS) is 29.0. The molecule has 1 N–H and O–H groups in total. The maximum atomic E-state index is 13.0. The molecule has 146 valence electrons. The number of non-ortho nitro benzene ring substituents is 1. The lowest BCUT2D eigenvalue weighted by Gasteiger charge is -2.38. The topological polar surface area (TPSA) is 110 Å². The number of likely N-dealkylation sites (tertiary alicyclic amines) is 1. The van der Waals surface area contributed by atoms with Gasteiger partial charge in [-0.05, 0) is 37.2 Å². The van der Waals surface area contributed by atoms with E-state index in [2.05, 4.69) is 5.32 Å². The van der Waals surface area contributed by atoms with Crippen molar-refractivity contribution in [2.45, 2.75) is 32.2 Å². The van der Waals surface area contributed by atoms with Crippen LogP contribution in [-0.2, 0) is 14.4 Å². The Morgan fingerprint density at radius 1 is 1.21 bits per heavy atom. The predicted octanol–water partition coefficient (Wildman–Crippen LogP) is 2.51. The number of amides is 3. The zero-order valence-corrected chi connectivity index (χ0v) is 15.4. The number of nitrogens with one attached hydrogen (secondary N) is 1. The van der Waals surface area contributed by atoms with Crippen LogP contribution in [0.3, 0.4) is 0 Å². The van der Waals surface area contributed by atoms with E-state index in [-0.39, 0.29) is 53.3 Å². The lowest BCUT2D eigenvalue weighted by molar-refractivity contribution is -0.384. The molecule has 5 atom stereocenters. The summed E-state index contributed by atoms with van der Waals surface area (Å²) in [5, 5.41) is 13.5. The van der Waals surface area contributed by atoms with Crippen LogP contribution in [0.2, 0.25) is 0 Å². The maximum absolute atomic E-state index is 13.0. The van der Waals surface area contributed by atoms with Crippen molar-refractivity contribution in [2.24, 2.45) is 23.7 Å². The number of fused-ring (bicyclic) bond motifs is 1. The van der Waals surface area contributed by atoms with E-state index in [1.54, 1.807) is 6.92 Å². The highest BCUT2D eigenvalue weighted by atomic mass is 16.6. The summed E-state index contributed by atoms with van der Waals surface area (Å²) in [4.78, 5) is 50.4. The van der Waals surface area contributed by atoms with Crippen LogP contribution >= 0.6 is 0 Å². The Bertz CT molecular complexity index is 864. The number of hydrogen-bond acceptors (Lipinski definition) is 5. The van der Waals surface area contributed by atoms with E-state index in [1.165, 1.54) is 24.3 Å². The molecule has 1 saturated carbocycles. The third-order valence-corrected chi connectivity index (χ3v) is 6.12. The number of rotatable bonds is 5. The Kier molecular flexibility index (Phi) is 4.49.